The van der Waals surface area contributed by atoms with Gasteiger partial charge in [0.15, 0.2) is 0 Å². The molecule has 1 atom stereocenters. The Balaban J connectivity index is 2.09. The Morgan fingerprint density at radius 2 is 2.16 bits per heavy atom. The van der Waals surface area contributed by atoms with E-state index in [0.717, 1.165) is 22.3 Å². The van der Waals surface area contributed by atoms with E-state index in [1.807, 2.05) is 39.0 Å². The van der Waals surface area contributed by atoms with Crippen molar-refractivity contribution in [1.82, 2.24) is 15.5 Å². The van der Waals surface area contributed by atoms with E-state index in [9.17, 15) is 0 Å². The van der Waals surface area contributed by atoms with E-state index in [1.165, 1.54) is 0 Å². The Labute approximate surface area is 120 Å². The summed E-state index contributed by atoms with van der Waals surface area (Å²) in [4.78, 5) is 0. The van der Waals surface area contributed by atoms with Crippen LogP contribution in [0.4, 0.5) is 11.7 Å². The number of nitrogens with zero attached hydrogens (tertiary/aromatic N) is 2. The number of halogens is 1. The first-order valence-corrected chi connectivity index (χ1v) is 6.99. The Bertz CT molecular complexity index is 555. The third kappa shape index (κ3) is 3.54. The molecular formula is C13H17BrN4O. The lowest BCUT2D eigenvalue weighted by atomic mass is 10.2. The fourth-order valence-electron chi connectivity index (χ4n) is 1.70. The number of hydrogen-bond acceptors (Lipinski definition) is 5. The van der Waals surface area contributed by atoms with Crippen LogP contribution in [0.25, 0.3) is 0 Å². The molecule has 102 valence electrons. The number of hydrogen-bond donors (Lipinski definition) is 2. The highest BCUT2D eigenvalue weighted by atomic mass is 79.9. The van der Waals surface area contributed by atoms with Gasteiger partial charge in [0.1, 0.15) is 0 Å². The van der Waals surface area contributed by atoms with Gasteiger partial charge in [-0.3, -0.25) is 0 Å². The minimum absolute atomic E-state index is 0.0553. The number of anilines is 2. The van der Waals surface area contributed by atoms with Gasteiger partial charge in [-0.1, -0.05) is 28.0 Å². The Kier molecular flexibility index (Phi) is 4.55. The van der Waals surface area contributed by atoms with Crippen LogP contribution in [0, 0.1) is 6.92 Å². The highest BCUT2D eigenvalue weighted by Gasteiger charge is 2.12. The van der Waals surface area contributed by atoms with Gasteiger partial charge in [0.2, 0.25) is 5.89 Å². The van der Waals surface area contributed by atoms with Gasteiger partial charge in [0, 0.05) is 10.2 Å². The molecule has 19 heavy (non-hydrogen) atoms. The highest BCUT2D eigenvalue weighted by molar-refractivity contribution is 9.10. The molecule has 2 rings (SSSR count). The van der Waals surface area contributed by atoms with Crippen LogP contribution in [0.15, 0.2) is 27.1 Å². The average molecular weight is 325 g/mol. The van der Waals surface area contributed by atoms with Crippen molar-refractivity contribution in [3.05, 3.63) is 34.1 Å². The lowest BCUT2D eigenvalue weighted by Gasteiger charge is -2.06. The summed E-state index contributed by atoms with van der Waals surface area (Å²) < 4.78 is 6.64. The fraction of sp³-hybridized carbons (Fsp3) is 0.385. The maximum Gasteiger partial charge on any atom is 0.320 e. The molecule has 1 heterocycles. The summed E-state index contributed by atoms with van der Waals surface area (Å²) in [6, 6.07) is 6.41. The predicted molar refractivity (Wildman–Crippen MR) is 78.6 cm³/mol. The minimum atomic E-state index is 0.0553. The van der Waals surface area contributed by atoms with E-state index in [1.54, 1.807) is 0 Å². The summed E-state index contributed by atoms with van der Waals surface area (Å²) in [5.41, 5.74) is 2.07. The van der Waals surface area contributed by atoms with E-state index >= 15 is 0 Å². The molecule has 0 saturated carbocycles. The van der Waals surface area contributed by atoms with E-state index in [-0.39, 0.29) is 6.04 Å². The molecule has 0 fully saturated rings. The summed E-state index contributed by atoms with van der Waals surface area (Å²) >= 11 is 3.47. The van der Waals surface area contributed by atoms with Gasteiger partial charge >= 0.3 is 6.01 Å². The molecule has 6 heteroatoms. The molecule has 5 nitrogen and oxygen atoms in total. The van der Waals surface area contributed by atoms with Crippen molar-refractivity contribution in [3.63, 3.8) is 0 Å². The molecule has 0 aliphatic heterocycles. The van der Waals surface area contributed by atoms with Crippen LogP contribution in [0.1, 0.15) is 31.3 Å². The third-order valence-electron chi connectivity index (χ3n) is 2.73. The standard InChI is InChI=1S/C13H17BrN4O/c1-4-15-9(3)12-17-18-13(19-12)16-10-5-6-11(14)8(2)7-10/h5-7,9,15H,4H2,1-3H3,(H,16,18). The van der Waals surface area contributed by atoms with Crippen molar-refractivity contribution in [1.29, 1.82) is 0 Å². The van der Waals surface area contributed by atoms with Crippen molar-refractivity contribution in [2.24, 2.45) is 0 Å². The number of benzene rings is 1. The summed E-state index contributed by atoms with van der Waals surface area (Å²) in [6.45, 7) is 6.92. The lowest BCUT2D eigenvalue weighted by molar-refractivity contribution is 0.430. The molecule has 0 radical (unpaired) electrons. The van der Waals surface area contributed by atoms with Gasteiger partial charge in [-0.05, 0) is 44.2 Å². The lowest BCUT2D eigenvalue weighted by Crippen LogP contribution is -2.17. The summed E-state index contributed by atoms with van der Waals surface area (Å²) in [5, 5.41) is 14.3. The molecule has 0 aliphatic carbocycles. The second-order valence-electron chi connectivity index (χ2n) is 4.31. The Hall–Kier alpha value is -1.40. The van der Waals surface area contributed by atoms with Crippen LogP contribution in [-0.4, -0.2) is 16.7 Å². The van der Waals surface area contributed by atoms with E-state index in [2.05, 4.69) is 36.8 Å². The summed E-state index contributed by atoms with van der Waals surface area (Å²) in [5.74, 6) is 0.582. The number of aromatic nitrogens is 2. The zero-order valence-corrected chi connectivity index (χ0v) is 12.8. The molecule has 0 spiro atoms. The van der Waals surface area contributed by atoms with Gasteiger partial charge in [-0.25, -0.2) is 0 Å². The van der Waals surface area contributed by atoms with Crippen molar-refractivity contribution >= 4 is 27.6 Å². The van der Waals surface area contributed by atoms with Gasteiger partial charge in [-0.2, -0.15) is 0 Å². The predicted octanol–water partition coefficient (Wildman–Crippen LogP) is 3.55. The first kappa shape index (κ1) is 14.0. The first-order valence-electron chi connectivity index (χ1n) is 6.20. The first-order chi connectivity index (χ1) is 9.10. The molecule has 1 aromatic heterocycles. The Morgan fingerprint density at radius 3 is 2.84 bits per heavy atom. The molecule has 1 aromatic carbocycles. The van der Waals surface area contributed by atoms with E-state index in [4.69, 9.17) is 4.42 Å². The van der Waals surface area contributed by atoms with Crippen molar-refractivity contribution in [2.45, 2.75) is 26.8 Å². The van der Waals surface area contributed by atoms with E-state index < -0.39 is 0 Å². The molecule has 0 saturated heterocycles. The zero-order chi connectivity index (χ0) is 13.8. The van der Waals surface area contributed by atoms with Crippen LogP contribution < -0.4 is 10.6 Å². The molecule has 1 unspecified atom stereocenters. The third-order valence-corrected chi connectivity index (χ3v) is 3.62. The highest BCUT2D eigenvalue weighted by Crippen LogP contribution is 2.23. The maximum absolute atomic E-state index is 5.56. The number of rotatable bonds is 5. The topological polar surface area (TPSA) is 63.0 Å². The van der Waals surface area contributed by atoms with Gasteiger partial charge in [0.05, 0.1) is 6.04 Å². The van der Waals surface area contributed by atoms with Gasteiger partial charge in [0.25, 0.3) is 0 Å². The average Bonchev–Trinajstić information content (AvgIpc) is 2.83. The largest absolute Gasteiger partial charge is 0.406 e. The van der Waals surface area contributed by atoms with Crippen molar-refractivity contribution < 1.29 is 4.42 Å². The minimum Gasteiger partial charge on any atom is -0.406 e. The summed E-state index contributed by atoms with van der Waals surface area (Å²) in [7, 11) is 0. The van der Waals surface area contributed by atoms with Crippen LogP contribution in [0.3, 0.4) is 0 Å². The maximum atomic E-state index is 5.56. The molecule has 0 aliphatic rings. The quantitative estimate of drug-likeness (QED) is 0.880. The SMILES string of the molecule is CCNC(C)c1nnc(Nc2ccc(Br)c(C)c2)o1. The number of aryl methyl sites for hydroxylation is 1. The normalized spacial score (nSPS) is 12.4. The molecule has 0 bridgehead atoms. The Morgan fingerprint density at radius 1 is 1.37 bits per heavy atom. The monoisotopic (exact) mass is 324 g/mol. The fourth-order valence-corrected chi connectivity index (χ4v) is 1.95. The molecular weight excluding hydrogens is 308 g/mol. The van der Waals surface area contributed by atoms with Crippen LogP contribution in [0.2, 0.25) is 0 Å². The summed E-state index contributed by atoms with van der Waals surface area (Å²) in [6.07, 6.45) is 0. The second-order valence-corrected chi connectivity index (χ2v) is 5.17. The van der Waals surface area contributed by atoms with Crippen molar-refractivity contribution in [3.8, 4) is 0 Å². The van der Waals surface area contributed by atoms with Gasteiger partial charge in [-0.15, -0.1) is 5.10 Å². The molecule has 2 N–H and O–H groups in total. The van der Waals surface area contributed by atoms with Crippen LogP contribution in [0.5, 0.6) is 0 Å². The van der Waals surface area contributed by atoms with Gasteiger partial charge < -0.3 is 15.1 Å². The van der Waals surface area contributed by atoms with E-state index in [0.29, 0.717) is 11.9 Å². The smallest absolute Gasteiger partial charge is 0.320 e. The molecule has 2 aromatic rings. The van der Waals surface area contributed by atoms with Crippen LogP contribution >= 0.6 is 15.9 Å². The zero-order valence-electron chi connectivity index (χ0n) is 11.2. The second kappa shape index (κ2) is 6.16. The van der Waals surface area contributed by atoms with Crippen LogP contribution in [-0.2, 0) is 0 Å². The number of nitrogens with one attached hydrogen (secondary N) is 2. The molecule has 0 amide bonds. The van der Waals surface area contributed by atoms with Crippen molar-refractivity contribution in [2.75, 3.05) is 11.9 Å².